The predicted octanol–water partition coefficient (Wildman–Crippen LogP) is 3.72. The minimum atomic E-state index is -0.467. The smallest absolute Gasteiger partial charge is 0.252 e. The van der Waals surface area contributed by atoms with Crippen LogP contribution < -0.4 is 14.8 Å². The molecule has 3 aromatic rings. The van der Waals surface area contributed by atoms with Crippen molar-refractivity contribution in [2.75, 3.05) is 14.2 Å². The average molecular weight is 430 g/mol. The Kier molecular flexibility index (Phi) is 5.81. The van der Waals surface area contributed by atoms with Crippen LogP contribution >= 0.6 is 15.9 Å². The number of halogens is 1. The molecule has 1 heterocycles. The van der Waals surface area contributed by atoms with E-state index in [-0.39, 0.29) is 5.91 Å². The van der Waals surface area contributed by atoms with Gasteiger partial charge >= 0.3 is 0 Å². The zero-order valence-electron chi connectivity index (χ0n) is 15.3. The molecule has 0 aliphatic heterocycles. The van der Waals surface area contributed by atoms with Crippen LogP contribution in [0.1, 0.15) is 27.8 Å². The molecule has 0 aliphatic rings. The first kappa shape index (κ1) is 19.0. The maximum absolute atomic E-state index is 12.8. The Morgan fingerprint density at radius 1 is 1.11 bits per heavy atom. The topological polar surface area (TPSA) is 65.4 Å². The standard InChI is InChI=1S/C20H20BrN3O3/c1-24-9-8-22-19(24)18(14-10-16(26-2)12-17(11-14)27-3)23-20(25)13-4-6-15(21)7-5-13/h4-12,18H,1-3H3,(H,23,25)/t18-/m0/s1. The van der Waals surface area contributed by atoms with Gasteiger partial charge in [0.05, 0.1) is 14.2 Å². The number of amides is 1. The number of aryl methyl sites for hydroxylation is 1. The summed E-state index contributed by atoms with van der Waals surface area (Å²) in [5.41, 5.74) is 1.37. The van der Waals surface area contributed by atoms with Crippen molar-refractivity contribution in [2.24, 2.45) is 7.05 Å². The molecule has 6 nitrogen and oxygen atoms in total. The second-order valence-electron chi connectivity index (χ2n) is 5.96. The summed E-state index contributed by atoms with van der Waals surface area (Å²) in [6.45, 7) is 0. The Labute approximate surface area is 166 Å². The molecular weight excluding hydrogens is 410 g/mol. The van der Waals surface area contributed by atoms with E-state index in [1.165, 1.54) is 0 Å². The first-order valence-electron chi connectivity index (χ1n) is 8.28. The maximum atomic E-state index is 12.8. The first-order valence-corrected chi connectivity index (χ1v) is 9.07. The van der Waals surface area contributed by atoms with Crippen molar-refractivity contribution >= 4 is 21.8 Å². The summed E-state index contributed by atoms with van der Waals surface area (Å²) in [4.78, 5) is 17.3. The quantitative estimate of drug-likeness (QED) is 0.648. The highest BCUT2D eigenvalue weighted by Crippen LogP contribution is 2.29. The molecule has 3 rings (SSSR count). The lowest BCUT2D eigenvalue weighted by Crippen LogP contribution is -2.31. The number of nitrogens with one attached hydrogen (secondary N) is 1. The lowest BCUT2D eigenvalue weighted by Gasteiger charge is -2.20. The zero-order chi connectivity index (χ0) is 19.4. The van der Waals surface area contributed by atoms with Crippen LogP contribution in [0.5, 0.6) is 11.5 Å². The van der Waals surface area contributed by atoms with Gasteiger partial charge in [-0.3, -0.25) is 4.79 Å². The molecule has 1 amide bonds. The number of aromatic nitrogens is 2. The Balaban J connectivity index is 2.01. The Hall–Kier alpha value is -2.80. The molecule has 0 fully saturated rings. The number of hydrogen-bond acceptors (Lipinski definition) is 4. The van der Waals surface area contributed by atoms with E-state index >= 15 is 0 Å². The molecule has 0 saturated carbocycles. The molecule has 7 heteroatoms. The Morgan fingerprint density at radius 2 is 1.74 bits per heavy atom. The average Bonchev–Trinajstić information content (AvgIpc) is 3.11. The third kappa shape index (κ3) is 4.31. The van der Waals surface area contributed by atoms with Crippen LogP contribution in [0.4, 0.5) is 0 Å². The van der Waals surface area contributed by atoms with Gasteiger partial charge in [0.2, 0.25) is 0 Å². The number of rotatable bonds is 6. The van der Waals surface area contributed by atoms with Gasteiger partial charge < -0.3 is 19.4 Å². The summed E-state index contributed by atoms with van der Waals surface area (Å²) in [5, 5.41) is 3.07. The molecule has 0 saturated heterocycles. The number of methoxy groups -OCH3 is 2. The zero-order valence-corrected chi connectivity index (χ0v) is 16.9. The molecule has 1 aromatic heterocycles. The first-order chi connectivity index (χ1) is 13.0. The predicted molar refractivity (Wildman–Crippen MR) is 106 cm³/mol. The van der Waals surface area contributed by atoms with E-state index < -0.39 is 6.04 Å². The SMILES string of the molecule is COc1cc(OC)cc([C@H](NC(=O)c2ccc(Br)cc2)c2nccn2C)c1. The molecule has 0 aliphatic carbocycles. The van der Waals surface area contributed by atoms with Gasteiger partial charge in [-0.1, -0.05) is 15.9 Å². The summed E-state index contributed by atoms with van der Waals surface area (Å²) in [6.07, 6.45) is 3.54. The summed E-state index contributed by atoms with van der Waals surface area (Å²) in [7, 11) is 5.07. The van der Waals surface area contributed by atoms with Crippen molar-refractivity contribution in [1.82, 2.24) is 14.9 Å². The number of nitrogens with zero attached hydrogens (tertiary/aromatic N) is 2. The van der Waals surface area contributed by atoms with Crippen LogP contribution in [0, 0.1) is 0 Å². The van der Waals surface area contributed by atoms with E-state index in [2.05, 4.69) is 26.2 Å². The van der Waals surface area contributed by atoms with Crippen molar-refractivity contribution in [1.29, 1.82) is 0 Å². The van der Waals surface area contributed by atoms with Crippen LogP contribution in [-0.4, -0.2) is 29.7 Å². The van der Waals surface area contributed by atoms with Crippen LogP contribution in [0.3, 0.4) is 0 Å². The van der Waals surface area contributed by atoms with Gasteiger partial charge in [-0.05, 0) is 42.0 Å². The number of carbonyl (C=O) groups is 1. The summed E-state index contributed by atoms with van der Waals surface area (Å²) in [6, 6.07) is 12.2. The van der Waals surface area contributed by atoms with Crippen molar-refractivity contribution in [3.8, 4) is 11.5 Å². The lowest BCUT2D eigenvalue weighted by molar-refractivity contribution is 0.0941. The molecule has 0 radical (unpaired) electrons. The normalized spacial score (nSPS) is 11.7. The van der Waals surface area contributed by atoms with E-state index in [0.29, 0.717) is 22.9 Å². The lowest BCUT2D eigenvalue weighted by atomic mass is 10.0. The molecule has 140 valence electrons. The van der Waals surface area contributed by atoms with Gasteiger partial charge in [0, 0.05) is 35.5 Å². The second kappa shape index (κ2) is 8.26. The van der Waals surface area contributed by atoms with Crippen molar-refractivity contribution in [3.05, 3.63) is 76.3 Å². The molecule has 0 unspecified atom stereocenters. The van der Waals surface area contributed by atoms with Crippen LogP contribution in [-0.2, 0) is 7.05 Å². The second-order valence-corrected chi connectivity index (χ2v) is 6.87. The number of hydrogen-bond donors (Lipinski definition) is 1. The molecule has 0 bridgehead atoms. The Morgan fingerprint density at radius 3 is 2.26 bits per heavy atom. The van der Waals surface area contributed by atoms with Crippen molar-refractivity contribution < 1.29 is 14.3 Å². The molecule has 1 N–H and O–H groups in total. The van der Waals surface area contributed by atoms with E-state index in [0.717, 1.165) is 10.0 Å². The summed E-state index contributed by atoms with van der Waals surface area (Å²) in [5.74, 6) is 1.79. The highest BCUT2D eigenvalue weighted by atomic mass is 79.9. The van der Waals surface area contributed by atoms with Crippen LogP contribution in [0.15, 0.2) is 59.3 Å². The van der Waals surface area contributed by atoms with Gasteiger partial charge in [0.15, 0.2) is 0 Å². The van der Waals surface area contributed by atoms with E-state index in [9.17, 15) is 4.79 Å². The summed E-state index contributed by atoms with van der Waals surface area (Å²) < 4.78 is 13.5. The molecule has 1 atom stereocenters. The number of imidazole rings is 1. The largest absolute Gasteiger partial charge is 0.497 e. The fourth-order valence-corrected chi connectivity index (χ4v) is 3.03. The minimum absolute atomic E-state index is 0.197. The summed E-state index contributed by atoms with van der Waals surface area (Å²) >= 11 is 3.38. The van der Waals surface area contributed by atoms with Gasteiger partial charge in [0.1, 0.15) is 23.4 Å². The number of carbonyl (C=O) groups excluding carboxylic acids is 1. The van der Waals surface area contributed by atoms with Crippen molar-refractivity contribution in [3.63, 3.8) is 0 Å². The number of benzene rings is 2. The molecule has 2 aromatic carbocycles. The van der Waals surface area contributed by atoms with E-state index in [1.807, 2.05) is 42.1 Å². The highest BCUT2D eigenvalue weighted by molar-refractivity contribution is 9.10. The van der Waals surface area contributed by atoms with E-state index in [4.69, 9.17) is 9.47 Å². The van der Waals surface area contributed by atoms with Gasteiger partial charge in [-0.2, -0.15) is 0 Å². The third-order valence-corrected chi connectivity index (χ3v) is 4.73. The molecule has 27 heavy (non-hydrogen) atoms. The van der Waals surface area contributed by atoms with Crippen molar-refractivity contribution in [2.45, 2.75) is 6.04 Å². The third-order valence-electron chi connectivity index (χ3n) is 4.21. The van der Waals surface area contributed by atoms with Gasteiger partial charge in [0.25, 0.3) is 5.91 Å². The maximum Gasteiger partial charge on any atom is 0.252 e. The fourth-order valence-electron chi connectivity index (χ4n) is 2.76. The minimum Gasteiger partial charge on any atom is -0.497 e. The fraction of sp³-hybridized carbons (Fsp3) is 0.200. The van der Waals surface area contributed by atoms with Gasteiger partial charge in [-0.15, -0.1) is 0 Å². The Bertz CT molecular complexity index is 916. The van der Waals surface area contributed by atoms with Crippen LogP contribution in [0.2, 0.25) is 0 Å². The molecular formula is C20H20BrN3O3. The highest BCUT2D eigenvalue weighted by Gasteiger charge is 2.23. The molecule has 0 spiro atoms. The monoisotopic (exact) mass is 429 g/mol. The van der Waals surface area contributed by atoms with E-state index in [1.54, 1.807) is 38.6 Å². The van der Waals surface area contributed by atoms with Crippen LogP contribution in [0.25, 0.3) is 0 Å². The number of ether oxygens (including phenoxy) is 2. The van der Waals surface area contributed by atoms with Gasteiger partial charge in [-0.25, -0.2) is 4.98 Å².